The summed E-state index contributed by atoms with van der Waals surface area (Å²) >= 11 is 0. The van der Waals surface area contributed by atoms with E-state index >= 15 is 0 Å². The number of aliphatic hydroxyl groups is 1. The Balaban J connectivity index is 2.10. The molecule has 1 heterocycles. The minimum absolute atomic E-state index is 0.134. The van der Waals surface area contributed by atoms with Gasteiger partial charge in [-0.1, -0.05) is 50.3 Å². The van der Waals surface area contributed by atoms with Gasteiger partial charge in [-0.3, -0.25) is 0 Å². The van der Waals surface area contributed by atoms with Crippen LogP contribution < -0.4 is 0 Å². The van der Waals surface area contributed by atoms with E-state index in [0.717, 1.165) is 5.56 Å². The van der Waals surface area contributed by atoms with E-state index in [4.69, 9.17) is 0 Å². The molecule has 2 aromatic rings. The van der Waals surface area contributed by atoms with E-state index in [1.54, 1.807) is 17.1 Å². The van der Waals surface area contributed by atoms with Crippen LogP contribution in [0.1, 0.15) is 38.0 Å². The van der Waals surface area contributed by atoms with E-state index < -0.39 is 6.10 Å². The van der Waals surface area contributed by atoms with Crippen molar-refractivity contribution in [3.63, 3.8) is 0 Å². The normalized spacial score (nSPS) is 13.6. The van der Waals surface area contributed by atoms with Crippen molar-refractivity contribution in [2.24, 2.45) is 0 Å². The van der Waals surface area contributed by atoms with Crippen LogP contribution in [0.4, 0.5) is 0 Å². The average Bonchev–Trinajstić information content (AvgIpc) is 2.81. The molecule has 0 aliphatic rings. The summed E-state index contributed by atoms with van der Waals surface area (Å²) in [7, 11) is 0. The van der Waals surface area contributed by atoms with Crippen molar-refractivity contribution in [2.45, 2.75) is 38.8 Å². The summed E-state index contributed by atoms with van der Waals surface area (Å²) in [5, 5.41) is 17.7. The lowest BCUT2D eigenvalue weighted by atomic mass is 9.86. The second kappa shape index (κ2) is 4.90. The Hall–Kier alpha value is -1.68. The fourth-order valence-electron chi connectivity index (χ4n) is 1.82. The number of hydrogen-bond donors (Lipinski definition) is 1. The fourth-order valence-corrected chi connectivity index (χ4v) is 1.82. The second-order valence-corrected chi connectivity index (χ2v) is 5.51. The number of hydrogen-bond acceptors (Lipinski definition) is 3. The first-order valence-corrected chi connectivity index (χ1v) is 6.09. The van der Waals surface area contributed by atoms with Gasteiger partial charge in [0.15, 0.2) is 0 Å². The molecule has 0 amide bonds. The number of nitrogens with zero attached hydrogens (tertiary/aromatic N) is 3. The number of aromatic nitrogens is 3. The Morgan fingerprint density at radius 2 is 1.89 bits per heavy atom. The molecule has 96 valence electrons. The Kier molecular flexibility index (Phi) is 3.48. The highest BCUT2D eigenvalue weighted by molar-refractivity contribution is 5.28. The van der Waals surface area contributed by atoms with Gasteiger partial charge in [0, 0.05) is 6.20 Å². The van der Waals surface area contributed by atoms with Crippen LogP contribution in [0.2, 0.25) is 0 Å². The minimum atomic E-state index is -0.555. The first-order valence-electron chi connectivity index (χ1n) is 6.09. The van der Waals surface area contributed by atoms with E-state index in [1.165, 1.54) is 5.56 Å². The fraction of sp³-hybridized carbons (Fsp3) is 0.429. The number of rotatable bonds is 3. The first kappa shape index (κ1) is 12.8. The molecule has 18 heavy (non-hydrogen) atoms. The molecule has 0 fully saturated rings. The lowest BCUT2D eigenvalue weighted by molar-refractivity contribution is 0.150. The van der Waals surface area contributed by atoms with Gasteiger partial charge in [0.1, 0.15) is 0 Å². The Bertz CT molecular complexity index is 483. The molecule has 0 spiro atoms. The monoisotopic (exact) mass is 245 g/mol. The van der Waals surface area contributed by atoms with Gasteiger partial charge >= 0.3 is 0 Å². The van der Waals surface area contributed by atoms with Crippen LogP contribution in [0.5, 0.6) is 0 Å². The van der Waals surface area contributed by atoms with Crippen molar-refractivity contribution in [3.8, 4) is 0 Å². The largest absolute Gasteiger partial charge is 0.386 e. The van der Waals surface area contributed by atoms with Gasteiger partial charge in [0.25, 0.3) is 0 Å². The predicted octanol–water partition coefficient (Wildman–Crippen LogP) is 2.31. The van der Waals surface area contributed by atoms with E-state index in [1.807, 2.05) is 12.1 Å². The van der Waals surface area contributed by atoms with Crippen LogP contribution >= 0.6 is 0 Å². The number of aliphatic hydroxyl groups excluding tert-OH is 1. The zero-order chi connectivity index (χ0) is 13.2. The molecule has 1 atom stereocenters. The SMILES string of the molecule is CC(C)(C)c1ccc(C(O)Cn2ccnn2)cc1. The predicted molar refractivity (Wildman–Crippen MR) is 70.1 cm³/mol. The third-order valence-corrected chi connectivity index (χ3v) is 2.99. The van der Waals surface area contributed by atoms with Crippen molar-refractivity contribution < 1.29 is 5.11 Å². The van der Waals surface area contributed by atoms with Gasteiger partial charge in [-0.05, 0) is 16.5 Å². The summed E-state index contributed by atoms with van der Waals surface area (Å²) in [5.74, 6) is 0. The van der Waals surface area contributed by atoms with Gasteiger partial charge in [-0.15, -0.1) is 5.10 Å². The van der Waals surface area contributed by atoms with Crippen LogP contribution in [0.3, 0.4) is 0 Å². The number of benzene rings is 1. The zero-order valence-electron chi connectivity index (χ0n) is 11.0. The first-order chi connectivity index (χ1) is 8.47. The van der Waals surface area contributed by atoms with E-state index in [9.17, 15) is 5.11 Å². The Labute approximate surface area is 107 Å². The molecule has 1 aromatic carbocycles. The lowest BCUT2D eigenvalue weighted by Gasteiger charge is -2.20. The molecule has 0 bridgehead atoms. The summed E-state index contributed by atoms with van der Waals surface area (Å²) in [4.78, 5) is 0. The molecule has 1 N–H and O–H groups in total. The van der Waals surface area contributed by atoms with Crippen LogP contribution in [-0.2, 0) is 12.0 Å². The van der Waals surface area contributed by atoms with Gasteiger partial charge in [0.05, 0.1) is 18.8 Å². The maximum atomic E-state index is 10.1. The molecule has 1 unspecified atom stereocenters. The molecular weight excluding hydrogens is 226 g/mol. The van der Waals surface area contributed by atoms with Crippen LogP contribution in [0.25, 0.3) is 0 Å². The van der Waals surface area contributed by atoms with Crippen molar-refractivity contribution in [3.05, 3.63) is 47.8 Å². The third kappa shape index (κ3) is 2.96. The van der Waals surface area contributed by atoms with Crippen molar-refractivity contribution in [2.75, 3.05) is 0 Å². The Morgan fingerprint density at radius 1 is 1.22 bits per heavy atom. The van der Waals surface area contributed by atoms with Gasteiger partial charge in [-0.25, -0.2) is 4.68 Å². The molecule has 4 heteroatoms. The smallest absolute Gasteiger partial charge is 0.0986 e. The molecule has 0 saturated carbocycles. The molecule has 0 aliphatic heterocycles. The highest BCUT2D eigenvalue weighted by Crippen LogP contribution is 2.24. The van der Waals surface area contributed by atoms with Crippen LogP contribution in [-0.4, -0.2) is 20.1 Å². The van der Waals surface area contributed by atoms with Gasteiger partial charge < -0.3 is 5.11 Å². The van der Waals surface area contributed by atoms with Crippen molar-refractivity contribution in [1.29, 1.82) is 0 Å². The quantitative estimate of drug-likeness (QED) is 0.902. The summed E-state index contributed by atoms with van der Waals surface area (Å²) in [6, 6.07) is 8.09. The summed E-state index contributed by atoms with van der Waals surface area (Å²) < 4.78 is 1.63. The van der Waals surface area contributed by atoms with Crippen molar-refractivity contribution >= 4 is 0 Å². The van der Waals surface area contributed by atoms with Gasteiger partial charge in [-0.2, -0.15) is 0 Å². The molecule has 0 radical (unpaired) electrons. The Morgan fingerprint density at radius 3 is 2.39 bits per heavy atom. The molecular formula is C14H19N3O. The molecule has 1 aromatic heterocycles. The molecule has 2 rings (SSSR count). The minimum Gasteiger partial charge on any atom is -0.386 e. The average molecular weight is 245 g/mol. The lowest BCUT2D eigenvalue weighted by Crippen LogP contribution is -2.12. The zero-order valence-corrected chi connectivity index (χ0v) is 11.0. The van der Waals surface area contributed by atoms with Crippen molar-refractivity contribution in [1.82, 2.24) is 15.0 Å². The third-order valence-electron chi connectivity index (χ3n) is 2.99. The summed E-state index contributed by atoms with van der Waals surface area (Å²) in [6.45, 7) is 6.95. The van der Waals surface area contributed by atoms with Crippen LogP contribution in [0, 0.1) is 0 Å². The molecule has 0 aliphatic carbocycles. The maximum Gasteiger partial charge on any atom is 0.0986 e. The van der Waals surface area contributed by atoms with E-state index in [0.29, 0.717) is 6.54 Å². The molecule has 0 saturated heterocycles. The topological polar surface area (TPSA) is 50.9 Å². The summed E-state index contributed by atoms with van der Waals surface area (Å²) in [5.41, 5.74) is 2.30. The molecule has 4 nitrogen and oxygen atoms in total. The van der Waals surface area contributed by atoms with Gasteiger partial charge in [0.2, 0.25) is 0 Å². The highest BCUT2D eigenvalue weighted by Gasteiger charge is 2.14. The second-order valence-electron chi connectivity index (χ2n) is 5.51. The van der Waals surface area contributed by atoms with E-state index in [-0.39, 0.29) is 5.41 Å². The standard InChI is InChI=1S/C14H19N3O/c1-14(2,3)12-6-4-11(5-7-12)13(18)10-17-9-8-15-16-17/h4-9,13,18H,10H2,1-3H3. The maximum absolute atomic E-state index is 10.1. The highest BCUT2D eigenvalue weighted by atomic mass is 16.3. The van der Waals surface area contributed by atoms with E-state index in [2.05, 4.69) is 43.2 Å². The summed E-state index contributed by atoms with van der Waals surface area (Å²) in [6.07, 6.45) is 2.79. The van der Waals surface area contributed by atoms with Crippen LogP contribution in [0.15, 0.2) is 36.7 Å².